The average Bonchev–Trinajstić information content (AvgIpc) is 2.69. The van der Waals surface area contributed by atoms with E-state index in [2.05, 4.69) is 70.8 Å². The smallest absolute Gasteiger partial charge is 0.135 e. The molecule has 0 aliphatic carbocycles. The molecule has 0 spiro atoms. The van der Waals surface area contributed by atoms with Crippen molar-refractivity contribution in [2.75, 3.05) is 24.3 Å². The van der Waals surface area contributed by atoms with Crippen LogP contribution >= 0.6 is 0 Å². The molecule has 2 N–H and O–H groups in total. The molecule has 5 nitrogen and oxygen atoms in total. The number of nitrogens with one attached hydrogen (secondary N) is 2. The fourth-order valence-electron chi connectivity index (χ4n) is 2.75. The summed E-state index contributed by atoms with van der Waals surface area (Å²) in [6.45, 7) is 5.18. The zero-order valence-electron chi connectivity index (χ0n) is 16.1. The molecule has 3 rings (SSSR count). The molecular weight excluding hydrogens is 336 g/mol. The summed E-state index contributed by atoms with van der Waals surface area (Å²) < 4.78 is 5.18. The van der Waals surface area contributed by atoms with Crippen molar-refractivity contribution in [1.29, 1.82) is 0 Å². The second kappa shape index (κ2) is 9.03. The molecule has 0 saturated carbocycles. The van der Waals surface area contributed by atoms with Gasteiger partial charge < -0.3 is 15.4 Å². The summed E-state index contributed by atoms with van der Waals surface area (Å²) in [5.74, 6) is 2.98. The standard InChI is InChI=1S/C22H26N4O/c1-16(2)18-6-8-19(9-7-18)26-22-14-21(24-15-25-22)23-13-12-17-4-10-20(27-3)11-5-17/h4-11,14-16H,12-13H2,1-3H3,(H2,23,24,25,26). The second-order valence-corrected chi connectivity index (χ2v) is 6.72. The Kier molecular flexibility index (Phi) is 6.26. The van der Waals surface area contributed by atoms with E-state index in [0.717, 1.165) is 36.0 Å². The second-order valence-electron chi connectivity index (χ2n) is 6.72. The van der Waals surface area contributed by atoms with Gasteiger partial charge >= 0.3 is 0 Å². The third kappa shape index (κ3) is 5.45. The van der Waals surface area contributed by atoms with Crippen molar-refractivity contribution in [2.45, 2.75) is 26.2 Å². The van der Waals surface area contributed by atoms with Gasteiger partial charge in [-0.2, -0.15) is 0 Å². The highest BCUT2D eigenvalue weighted by molar-refractivity contribution is 5.59. The van der Waals surface area contributed by atoms with Gasteiger partial charge in [-0.15, -0.1) is 0 Å². The van der Waals surface area contributed by atoms with Crippen LogP contribution in [0.5, 0.6) is 5.75 Å². The van der Waals surface area contributed by atoms with E-state index in [1.54, 1.807) is 13.4 Å². The van der Waals surface area contributed by atoms with Gasteiger partial charge in [0.15, 0.2) is 0 Å². The van der Waals surface area contributed by atoms with Gasteiger partial charge in [-0.1, -0.05) is 38.1 Å². The molecule has 0 radical (unpaired) electrons. The predicted molar refractivity (Wildman–Crippen MR) is 111 cm³/mol. The van der Waals surface area contributed by atoms with Gasteiger partial charge in [0.2, 0.25) is 0 Å². The van der Waals surface area contributed by atoms with Crippen LogP contribution < -0.4 is 15.4 Å². The molecule has 140 valence electrons. The molecule has 0 aliphatic rings. The summed E-state index contributed by atoms with van der Waals surface area (Å²) in [6, 6.07) is 18.5. The van der Waals surface area contributed by atoms with Crippen molar-refractivity contribution in [2.24, 2.45) is 0 Å². The van der Waals surface area contributed by atoms with E-state index in [0.29, 0.717) is 5.92 Å². The summed E-state index contributed by atoms with van der Waals surface area (Å²) in [7, 11) is 1.68. The molecular formula is C22H26N4O. The number of ether oxygens (including phenoxy) is 1. The van der Waals surface area contributed by atoms with E-state index in [4.69, 9.17) is 4.74 Å². The van der Waals surface area contributed by atoms with E-state index in [-0.39, 0.29) is 0 Å². The third-order valence-electron chi connectivity index (χ3n) is 4.40. The van der Waals surface area contributed by atoms with Crippen LogP contribution in [-0.4, -0.2) is 23.6 Å². The fourth-order valence-corrected chi connectivity index (χ4v) is 2.75. The maximum atomic E-state index is 5.18. The van der Waals surface area contributed by atoms with Crippen molar-refractivity contribution in [3.8, 4) is 5.75 Å². The minimum absolute atomic E-state index is 0.527. The van der Waals surface area contributed by atoms with E-state index < -0.39 is 0 Å². The largest absolute Gasteiger partial charge is 0.497 e. The molecule has 0 unspecified atom stereocenters. The van der Waals surface area contributed by atoms with E-state index in [9.17, 15) is 0 Å². The Morgan fingerprint density at radius 2 is 1.63 bits per heavy atom. The topological polar surface area (TPSA) is 59.1 Å². The van der Waals surface area contributed by atoms with Crippen LogP contribution in [0.1, 0.15) is 30.9 Å². The Morgan fingerprint density at radius 3 is 2.30 bits per heavy atom. The summed E-state index contributed by atoms with van der Waals surface area (Å²) in [5.41, 5.74) is 3.59. The molecule has 0 bridgehead atoms. The number of nitrogens with zero attached hydrogens (tertiary/aromatic N) is 2. The van der Waals surface area contributed by atoms with Crippen molar-refractivity contribution in [1.82, 2.24) is 9.97 Å². The quantitative estimate of drug-likeness (QED) is 0.590. The number of benzene rings is 2. The van der Waals surface area contributed by atoms with E-state index in [1.165, 1.54) is 11.1 Å². The Labute approximate surface area is 160 Å². The number of anilines is 3. The SMILES string of the molecule is COc1ccc(CCNc2cc(Nc3ccc(C(C)C)cc3)ncn2)cc1. The highest BCUT2D eigenvalue weighted by atomic mass is 16.5. The van der Waals surface area contributed by atoms with Crippen LogP contribution in [0.25, 0.3) is 0 Å². The van der Waals surface area contributed by atoms with Crippen molar-refractivity contribution >= 4 is 17.3 Å². The van der Waals surface area contributed by atoms with Crippen LogP contribution in [0.3, 0.4) is 0 Å². The first kappa shape index (κ1) is 18.7. The molecule has 0 aliphatic heterocycles. The number of methoxy groups -OCH3 is 1. The molecule has 1 heterocycles. The monoisotopic (exact) mass is 362 g/mol. The van der Waals surface area contributed by atoms with Crippen LogP contribution in [-0.2, 0) is 6.42 Å². The van der Waals surface area contributed by atoms with Gasteiger partial charge in [0.05, 0.1) is 7.11 Å². The van der Waals surface area contributed by atoms with Crippen LogP contribution in [0.2, 0.25) is 0 Å². The summed E-state index contributed by atoms with van der Waals surface area (Å²) in [6.07, 6.45) is 2.48. The summed E-state index contributed by atoms with van der Waals surface area (Å²) in [4.78, 5) is 8.60. The minimum atomic E-state index is 0.527. The maximum Gasteiger partial charge on any atom is 0.135 e. The molecule has 0 saturated heterocycles. The van der Waals surface area contributed by atoms with Gasteiger partial charge in [0, 0.05) is 18.3 Å². The van der Waals surface area contributed by atoms with Crippen LogP contribution in [0.4, 0.5) is 17.3 Å². The Morgan fingerprint density at radius 1 is 0.926 bits per heavy atom. The summed E-state index contributed by atoms with van der Waals surface area (Å²) >= 11 is 0. The lowest BCUT2D eigenvalue weighted by atomic mass is 10.0. The molecule has 0 fully saturated rings. The molecule has 0 amide bonds. The van der Waals surface area contributed by atoms with Gasteiger partial charge in [-0.3, -0.25) is 0 Å². The van der Waals surface area contributed by atoms with Crippen molar-refractivity contribution < 1.29 is 4.74 Å². The lowest BCUT2D eigenvalue weighted by molar-refractivity contribution is 0.414. The van der Waals surface area contributed by atoms with Crippen molar-refractivity contribution in [3.63, 3.8) is 0 Å². The molecule has 27 heavy (non-hydrogen) atoms. The highest BCUT2D eigenvalue weighted by Gasteiger charge is 2.02. The number of hydrogen-bond acceptors (Lipinski definition) is 5. The van der Waals surface area contributed by atoms with Crippen LogP contribution in [0.15, 0.2) is 60.9 Å². The summed E-state index contributed by atoms with van der Waals surface area (Å²) in [5, 5.41) is 6.68. The Hall–Kier alpha value is -3.08. The van der Waals surface area contributed by atoms with Gasteiger partial charge in [0.25, 0.3) is 0 Å². The fraction of sp³-hybridized carbons (Fsp3) is 0.273. The first-order chi connectivity index (χ1) is 13.1. The number of rotatable bonds is 8. The third-order valence-corrected chi connectivity index (χ3v) is 4.40. The molecule has 1 aromatic heterocycles. The lowest BCUT2D eigenvalue weighted by Crippen LogP contribution is -2.07. The normalized spacial score (nSPS) is 10.7. The van der Waals surface area contributed by atoms with Gasteiger partial charge in [-0.05, 0) is 47.7 Å². The Bertz CT molecular complexity index is 845. The maximum absolute atomic E-state index is 5.18. The Balaban J connectivity index is 1.55. The minimum Gasteiger partial charge on any atom is -0.497 e. The lowest BCUT2D eigenvalue weighted by Gasteiger charge is -2.10. The molecule has 2 aromatic carbocycles. The van der Waals surface area contributed by atoms with E-state index in [1.807, 2.05) is 18.2 Å². The van der Waals surface area contributed by atoms with Gasteiger partial charge in [-0.25, -0.2) is 9.97 Å². The first-order valence-electron chi connectivity index (χ1n) is 9.20. The molecule has 5 heteroatoms. The van der Waals surface area contributed by atoms with Crippen LogP contribution in [0, 0.1) is 0 Å². The number of hydrogen-bond donors (Lipinski definition) is 2. The van der Waals surface area contributed by atoms with Gasteiger partial charge in [0.1, 0.15) is 23.7 Å². The van der Waals surface area contributed by atoms with E-state index >= 15 is 0 Å². The zero-order valence-corrected chi connectivity index (χ0v) is 16.1. The first-order valence-corrected chi connectivity index (χ1v) is 9.20. The predicted octanol–water partition coefficient (Wildman–Crippen LogP) is 5.01. The highest BCUT2D eigenvalue weighted by Crippen LogP contribution is 2.20. The number of aromatic nitrogens is 2. The zero-order chi connectivity index (χ0) is 19.1. The average molecular weight is 362 g/mol. The van der Waals surface area contributed by atoms with Crippen molar-refractivity contribution in [3.05, 3.63) is 72.1 Å². The molecule has 3 aromatic rings. The molecule has 0 atom stereocenters.